The fourth-order valence-corrected chi connectivity index (χ4v) is 3.19. The number of nitrogens with two attached hydrogens (primary N) is 1. The van der Waals surface area contributed by atoms with Crippen molar-refractivity contribution in [2.24, 2.45) is 5.73 Å². The fourth-order valence-electron chi connectivity index (χ4n) is 2.33. The van der Waals surface area contributed by atoms with Gasteiger partial charge in [-0.1, -0.05) is 24.2 Å². The Labute approximate surface area is 97.7 Å². The number of rotatable bonds is 3. The molecule has 86 valence electrons. The molecule has 0 amide bonds. The van der Waals surface area contributed by atoms with Gasteiger partial charge in [0.25, 0.3) is 0 Å². The first-order valence-corrected chi connectivity index (χ1v) is 6.61. The minimum absolute atomic E-state index is 0.558. The lowest BCUT2D eigenvalue weighted by Crippen LogP contribution is -2.05. The Morgan fingerprint density at radius 2 is 2.12 bits per heavy atom. The molecule has 0 aliphatic heterocycles. The fraction of sp³-hybridized carbons (Fsp3) is 0.700. The number of nitrogens with zero attached hydrogens (tertiary/aromatic N) is 4. The van der Waals surface area contributed by atoms with Gasteiger partial charge >= 0.3 is 0 Å². The lowest BCUT2D eigenvalue weighted by molar-refractivity contribution is 0.637. The largest absolute Gasteiger partial charge is 0.330 e. The van der Waals surface area contributed by atoms with Gasteiger partial charge in [-0.15, -0.1) is 10.2 Å². The van der Waals surface area contributed by atoms with Crippen LogP contribution < -0.4 is 5.73 Å². The molecule has 2 heterocycles. The van der Waals surface area contributed by atoms with Gasteiger partial charge < -0.3 is 5.73 Å². The molecule has 1 aliphatic carbocycles. The second-order valence-electron chi connectivity index (χ2n) is 4.27. The lowest BCUT2D eigenvalue weighted by Gasteiger charge is -2.03. The molecule has 1 aliphatic rings. The van der Waals surface area contributed by atoms with Crippen LogP contribution >= 0.6 is 11.3 Å². The number of aromatic nitrogens is 4. The van der Waals surface area contributed by atoms with Gasteiger partial charge in [0, 0.05) is 12.3 Å². The molecule has 6 heteroatoms. The highest BCUT2D eigenvalue weighted by Gasteiger charge is 2.23. The first-order valence-electron chi connectivity index (χ1n) is 5.79. The summed E-state index contributed by atoms with van der Waals surface area (Å²) in [4.78, 5) is 0.908. The molecule has 2 aromatic heterocycles. The summed E-state index contributed by atoms with van der Waals surface area (Å²) in [6.07, 6.45) is 5.89. The van der Waals surface area contributed by atoms with Crippen molar-refractivity contribution in [1.82, 2.24) is 19.8 Å². The van der Waals surface area contributed by atoms with Crippen LogP contribution in [0.3, 0.4) is 0 Å². The van der Waals surface area contributed by atoms with Crippen LogP contribution in [0.4, 0.5) is 0 Å². The summed E-state index contributed by atoms with van der Waals surface area (Å²) in [5.74, 6) is 1.61. The molecule has 16 heavy (non-hydrogen) atoms. The number of fused-ring (bicyclic) bond motifs is 1. The standard InChI is InChI=1S/C10H15N5S/c11-6-5-8-14-15-9(7-3-1-2-4-7)12-13-10(15)16-8/h7H,1-6,11H2. The molecular formula is C10H15N5S. The summed E-state index contributed by atoms with van der Waals surface area (Å²) in [7, 11) is 0. The summed E-state index contributed by atoms with van der Waals surface area (Å²) >= 11 is 1.60. The van der Waals surface area contributed by atoms with Crippen molar-refractivity contribution in [3.63, 3.8) is 0 Å². The van der Waals surface area contributed by atoms with E-state index >= 15 is 0 Å². The second-order valence-corrected chi connectivity index (χ2v) is 5.31. The SMILES string of the molecule is NCCc1nn2c(C3CCCC3)nnc2s1. The third kappa shape index (κ3) is 1.62. The maximum Gasteiger partial charge on any atom is 0.234 e. The Bertz CT molecular complexity index is 482. The van der Waals surface area contributed by atoms with Crippen LogP contribution in [0.2, 0.25) is 0 Å². The molecule has 2 aromatic rings. The molecule has 2 N–H and O–H groups in total. The normalized spacial score (nSPS) is 17.6. The van der Waals surface area contributed by atoms with Crippen molar-refractivity contribution in [2.75, 3.05) is 6.54 Å². The van der Waals surface area contributed by atoms with Gasteiger partial charge in [-0.05, 0) is 19.4 Å². The minimum Gasteiger partial charge on any atom is -0.330 e. The van der Waals surface area contributed by atoms with Crippen LogP contribution in [0, 0.1) is 0 Å². The van der Waals surface area contributed by atoms with Crippen molar-refractivity contribution in [3.05, 3.63) is 10.8 Å². The first kappa shape index (κ1) is 10.2. The summed E-state index contributed by atoms with van der Waals surface area (Å²) in [6.45, 7) is 0.642. The van der Waals surface area contributed by atoms with Crippen LogP contribution in [0.15, 0.2) is 0 Å². The van der Waals surface area contributed by atoms with E-state index in [9.17, 15) is 0 Å². The van der Waals surface area contributed by atoms with E-state index in [1.807, 2.05) is 4.52 Å². The average molecular weight is 237 g/mol. The molecule has 0 aromatic carbocycles. The van der Waals surface area contributed by atoms with Crippen molar-refractivity contribution in [1.29, 1.82) is 0 Å². The quantitative estimate of drug-likeness (QED) is 0.874. The van der Waals surface area contributed by atoms with E-state index in [0.717, 1.165) is 22.2 Å². The molecule has 0 bridgehead atoms. The topological polar surface area (TPSA) is 69.1 Å². The molecule has 3 rings (SSSR count). The molecule has 0 spiro atoms. The highest BCUT2D eigenvalue weighted by Crippen LogP contribution is 2.33. The molecular weight excluding hydrogens is 222 g/mol. The first-order chi connectivity index (χ1) is 7.88. The molecule has 5 nitrogen and oxygen atoms in total. The zero-order valence-corrected chi connectivity index (χ0v) is 9.91. The Kier molecular flexibility index (Phi) is 2.61. The Morgan fingerprint density at radius 3 is 2.88 bits per heavy atom. The van der Waals surface area contributed by atoms with Crippen molar-refractivity contribution < 1.29 is 0 Å². The van der Waals surface area contributed by atoms with Gasteiger partial charge in [0.05, 0.1) is 0 Å². The van der Waals surface area contributed by atoms with Crippen molar-refractivity contribution in [3.8, 4) is 0 Å². The van der Waals surface area contributed by atoms with Gasteiger partial charge in [0.15, 0.2) is 5.82 Å². The Morgan fingerprint density at radius 1 is 1.31 bits per heavy atom. The molecule has 1 saturated carbocycles. The van der Waals surface area contributed by atoms with Crippen LogP contribution in [-0.2, 0) is 6.42 Å². The minimum atomic E-state index is 0.558. The Balaban J connectivity index is 1.97. The zero-order chi connectivity index (χ0) is 11.0. The smallest absolute Gasteiger partial charge is 0.234 e. The molecule has 1 fully saturated rings. The Hall–Kier alpha value is -1.01. The van der Waals surface area contributed by atoms with E-state index in [4.69, 9.17) is 5.73 Å². The van der Waals surface area contributed by atoms with Crippen molar-refractivity contribution >= 4 is 16.3 Å². The van der Waals surface area contributed by atoms with E-state index in [1.165, 1.54) is 25.7 Å². The van der Waals surface area contributed by atoms with E-state index in [0.29, 0.717) is 12.5 Å². The molecule has 0 atom stereocenters. The third-order valence-electron chi connectivity index (χ3n) is 3.14. The number of hydrogen-bond acceptors (Lipinski definition) is 5. The van der Waals surface area contributed by atoms with Crippen LogP contribution in [0.5, 0.6) is 0 Å². The second kappa shape index (κ2) is 4.10. The predicted octanol–water partition coefficient (Wildman–Crippen LogP) is 1.34. The van der Waals surface area contributed by atoms with Crippen LogP contribution in [0.25, 0.3) is 4.96 Å². The van der Waals surface area contributed by atoms with Crippen LogP contribution in [0.1, 0.15) is 42.4 Å². The highest BCUT2D eigenvalue weighted by atomic mass is 32.1. The highest BCUT2D eigenvalue weighted by molar-refractivity contribution is 7.16. The maximum atomic E-state index is 5.53. The monoisotopic (exact) mass is 237 g/mol. The maximum absolute atomic E-state index is 5.53. The molecule has 0 radical (unpaired) electrons. The van der Waals surface area contributed by atoms with Gasteiger partial charge in [-0.3, -0.25) is 0 Å². The average Bonchev–Trinajstić information content (AvgIpc) is 2.90. The van der Waals surface area contributed by atoms with E-state index < -0.39 is 0 Å². The lowest BCUT2D eigenvalue weighted by atomic mass is 10.1. The zero-order valence-electron chi connectivity index (χ0n) is 9.09. The van der Waals surface area contributed by atoms with Gasteiger partial charge in [-0.2, -0.15) is 9.61 Å². The van der Waals surface area contributed by atoms with Crippen LogP contribution in [-0.4, -0.2) is 26.4 Å². The van der Waals surface area contributed by atoms with Crippen molar-refractivity contribution in [2.45, 2.75) is 38.0 Å². The van der Waals surface area contributed by atoms with E-state index in [1.54, 1.807) is 11.3 Å². The molecule has 0 saturated heterocycles. The summed E-state index contributed by atoms with van der Waals surface area (Å²) in [5.41, 5.74) is 5.53. The van der Waals surface area contributed by atoms with Gasteiger partial charge in [0.2, 0.25) is 4.96 Å². The number of hydrogen-bond donors (Lipinski definition) is 1. The van der Waals surface area contributed by atoms with Gasteiger partial charge in [-0.25, -0.2) is 0 Å². The summed E-state index contributed by atoms with van der Waals surface area (Å²) in [5, 5.41) is 14.1. The predicted molar refractivity (Wildman–Crippen MR) is 62.6 cm³/mol. The van der Waals surface area contributed by atoms with E-state index in [2.05, 4.69) is 15.3 Å². The van der Waals surface area contributed by atoms with Gasteiger partial charge in [0.1, 0.15) is 5.01 Å². The third-order valence-corrected chi connectivity index (χ3v) is 4.09. The summed E-state index contributed by atoms with van der Waals surface area (Å²) < 4.78 is 1.92. The summed E-state index contributed by atoms with van der Waals surface area (Å²) in [6, 6.07) is 0. The molecule has 0 unspecified atom stereocenters. The van der Waals surface area contributed by atoms with E-state index in [-0.39, 0.29) is 0 Å².